The number of rotatable bonds is 6. The highest BCUT2D eigenvalue weighted by Crippen LogP contribution is 2.35. The SMILES string of the molecule is COc1ccc(-c2n[nH]c(C(=O)N[C@@H](C)c3ccc4c(c3)CCCO4)c2C)c(OC)c1. The smallest absolute Gasteiger partial charge is 0.270 e. The van der Waals surface area contributed by atoms with E-state index in [1.165, 1.54) is 5.56 Å². The third kappa shape index (κ3) is 4.08. The molecule has 2 heterocycles. The Morgan fingerprint density at radius 1 is 1.19 bits per heavy atom. The molecule has 0 saturated carbocycles. The van der Waals surface area contributed by atoms with Gasteiger partial charge in [0, 0.05) is 17.2 Å². The predicted octanol–water partition coefficient (Wildman–Crippen LogP) is 4.22. The van der Waals surface area contributed by atoms with E-state index >= 15 is 0 Å². The number of amides is 1. The molecule has 7 heteroatoms. The van der Waals surface area contributed by atoms with Gasteiger partial charge in [-0.2, -0.15) is 5.10 Å². The fourth-order valence-electron chi connectivity index (χ4n) is 3.88. The Balaban J connectivity index is 1.54. The summed E-state index contributed by atoms with van der Waals surface area (Å²) in [5.41, 5.74) is 4.89. The zero-order valence-electron chi connectivity index (χ0n) is 18.2. The summed E-state index contributed by atoms with van der Waals surface area (Å²) in [6.45, 7) is 4.61. The molecule has 0 fully saturated rings. The van der Waals surface area contributed by atoms with Crippen molar-refractivity contribution in [1.82, 2.24) is 15.5 Å². The van der Waals surface area contributed by atoms with Gasteiger partial charge in [0.2, 0.25) is 0 Å². The van der Waals surface area contributed by atoms with Crippen LogP contribution in [0.25, 0.3) is 11.3 Å². The summed E-state index contributed by atoms with van der Waals surface area (Å²) in [6.07, 6.45) is 2.01. The lowest BCUT2D eigenvalue weighted by Gasteiger charge is -2.20. The second kappa shape index (κ2) is 8.71. The van der Waals surface area contributed by atoms with Gasteiger partial charge in [-0.05, 0) is 56.0 Å². The van der Waals surface area contributed by atoms with Gasteiger partial charge in [-0.1, -0.05) is 12.1 Å². The maximum atomic E-state index is 13.0. The van der Waals surface area contributed by atoms with E-state index in [1.54, 1.807) is 20.3 Å². The van der Waals surface area contributed by atoms with Crippen molar-refractivity contribution in [2.24, 2.45) is 0 Å². The van der Waals surface area contributed by atoms with Crippen molar-refractivity contribution in [3.05, 3.63) is 58.8 Å². The van der Waals surface area contributed by atoms with E-state index in [9.17, 15) is 4.79 Å². The average Bonchev–Trinajstić information content (AvgIpc) is 3.19. The lowest BCUT2D eigenvalue weighted by Crippen LogP contribution is -2.27. The minimum atomic E-state index is -0.204. The van der Waals surface area contributed by atoms with Crippen LogP contribution in [0.1, 0.15) is 46.6 Å². The van der Waals surface area contributed by atoms with Crippen LogP contribution < -0.4 is 19.5 Å². The molecular weight excluding hydrogens is 394 g/mol. The molecule has 0 spiro atoms. The summed E-state index contributed by atoms with van der Waals surface area (Å²) in [4.78, 5) is 13.0. The zero-order valence-corrected chi connectivity index (χ0v) is 18.2. The first kappa shape index (κ1) is 20.8. The Bertz CT molecular complexity index is 1110. The number of ether oxygens (including phenoxy) is 3. The van der Waals surface area contributed by atoms with E-state index in [2.05, 4.69) is 21.6 Å². The van der Waals surface area contributed by atoms with E-state index in [1.807, 2.05) is 38.1 Å². The molecule has 1 aliphatic heterocycles. The van der Waals surface area contributed by atoms with Crippen LogP contribution in [-0.4, -0.2) is 36.9 Å². The van der Waals surface area contributed by atoms with Gasteiger partial charge in [0.15, 0.2) is 0 Å². The van der Waals surface area contributed by atoms with Crippen molar-refractivity contribution in [3.8, 4) is 28.5 Å². The molecule has 0 saturated heterocycles. The van der Waals surface area contributed by atoms with Gasteiger partial charge in [-0.25, -0.2) is 0 Å². The number of benzene rings is 2. The molecule has 1 atom stereocenters. The summed E-state index contributed by atoms with van der Waals surface area (Å²) in [5, 5.41) is 10.3. The molecule has 1 amide bonds. The molecule has 1 aliphatic rings. The molecule has 4 rings (SSSR count). The van der Waals surface area contributed by atoms with Crippen molar-refractivity contribution in [3.63, 3.8) is 0 Å². The molecular formula is C24H27N3O4. The van der Waals surface area contributed by atoms with Gasteiger partial charge in [-0.3, -0.25) is 9.89 Å². The van der Waals surface area contributed by atoms with E-state index in [4.69, 9.17) is 14.2 Å². The number of aromatic nitrogens is 2. The van der Waals surface area contributed by atoms with Crippen LogP contribution in [0.4, 0.5) is 0 Å². The molecule has 0 bridgehead atoms. The fourth-order valence-corrected chi connectivity index (χ4v) is 3.88. The summed E-state index contributed by atoms with van der Waals surface area (Å²) in [7, 11) is 3.20. The Morgan fingerprint density at radius 2 is 2.03 bits per heavy atom. The first-order valence-corrected chi connectivity index (χ1v) is 10.4. The van der Waals surface area contributed by atoms with E-state index < -0.39 is 0 Å². The highest BCUT2D eigenvalue weighted by molar-refractivity contribution is 5.95. The maximum absolute atomic E-state index is 13.0. The van der Waals surface area contributed by atoms with Crippen molar-refractivity contribution in [2.75, 3.05) is 20.8 Å². The van der Waals surface area contributed by atoms with Crippen molar-refractivity contribution in [1.29, 1.82) is 0 Å². The fraction of sp³-hybridized carbons (Fsp3) is 0.333. The van der Waals surface area contributed by atoms with Crippen LogP contribution in [0.3, 0.4) is 0 Å². The number of fused-ring (bicyclic) bond motifs is 1. The van der Waals surface area contributed by atoms with Gasteiger partial charge in [0.25, 0.3) is 5.91 Å². The second-order valence-electron chi connectivity index (χ2n) is 7.65. The molecule has 1 aromatic heterocycles. The van der Waals surface area contributed by atoms with Crippen LogP contribution in [0.5, 0.6) is 17.2 Å². The summed E-state index contributed by atoms with van der Waals surface area (Å²) in [6, 6.07) is 11.5. The number of hydrogen-bond donors (Lipinski definition) is 2. The van der Waals surface area contributed by atoms with E-state index in [0.717, 1.165) is 41.9 Å². The van der Waals surface area contributed by atoms with Crippen LogP contribution >= 0.6 is 0 Å². The highest BCUT2D eigenvalue weighted by Gasteiger charge is 2.22. The molecule has 162 valence electrons. The number of methoxy groups -OCH3 is 2. The van der Waals surface area contributed by atoms with Gasteiger partial charge in [0.05, 0.1) is 32.6 Å². The number of hydrogen-bond acceptors (Lipinski definition) is 5. The highest BCUT2D eigenvalue weighted by atomic mass is 16.5. The minimum Gasteiger partial charge on any atom is -0.497 e. The molecule has 2 N–H and O–H groups in total. The Labute approximate surface area is 181 Å². The predicted molar refractivity (Wildman–Crippen MR) is 118 cm³/mol. The van der Waals surface area contributed by atoms with Crippen molar-refractivity contribution < 1.29 is 19.0 Å². The quantitative estimate of drug-likeness (QED) is 0.623. The number of aromatic amines is 1. The molecule has 3 aromatic rings. The minimum absolute atomic E-state index is 0.151. The molecule has 0 aliphatic carbocycles. The standard InChI is InChI=1S/C24H27N3O4/c1-14-22(19-9-8-18(29-3)13-21(19)30-4)26-27-23(14)24(28)25-15(2)16-7-10-20-17(12-16)6-5-11-31-20/h7-10,12-13,15H,5-6,11H2,1-4H3,(H,25,28)(H,26,27)/t15-/m0/s1. The number of carbonyl (C=O) groups is 1. The largest absolute Gasteiger partial charge is 0.497 e. The average molecular weight is 421 g/mol. The van der Waals surface area contributed by atoms with Crippen LogP contribution in [-0.2, 0) is 6.42 Å². The molecule has 0 radical (unpaired) electrons. The summed E-state index contributed by atoms with van der Waals surface area (Å²) < 4.78 is 16.4. The molecule has 2 aromatic carbocycles. The van der Waals surface area contributed by atoms with Crippen molar-refractivity contribution >= 4 is 5.91 Å². The first-order valence-electron chi connectivity index (χ1n) is 10.4. The van der Waals surface area contributed by atoms with Crippen LogP contribution in [0.2, 0.25) is 0 Å². The van der Waals surface area contributed by atoms with Gasteiger partial charge in [-0.15, -0.1) is 0 Å². The van der Waals surface area contributed by atoms with Crippen LogP contribution in [0.15, 0.2) is 36.4 Å². The monoisotopic (exact) mass is 421 g/mol. The lowest BCUT2D eigenvalue weighted by molar-refractivity contribution is 0.0934. The lowest BCUT2D eigenvalue weighted by atomic mass is 10.00. The Kier molecular flexibility index (Phi) is 5.84. The molecule has 31 heavy (non-hydrogen) atoms. The summed E-state index contributed by atoms with van der Waals surface area (Å²) >= 11 is 0. The van der Waals surface area contributed by atoms with Crippen LogP contribution in [0, 0.1) is 6.92 Å². The maximum Gasteiger partial charge on any atom is 0.270 e. The van der Waals surface area contributed by atoms with E-state index in [-0.39, 0.29) is 11.9 Å². The number of nitrogens with zero attached hydrogens (tertiary/aromatic N) is 1. The number of nitrogens with one attached hydrogen (secondary N) is 2. The summed E-state index contributed by atoms with van der Waals surface area (Å²) in [5.74, 6) is 2.06. The normalized spacial score (nSPS) is 13.7. The third-order valence-electron chi connectivity index (χ3n) is 5.68. The Hall–Kier alpha value is -3.48. The zero-order chi connectivity index (χ0) is 22.0. The second-order valence-corrected chi connectivity index (χ2v) is 7.65. The number of aryl methyl sites for hydroxylation is 1. The third-order valence-corrected chi connectivity index (χ3v) is 5.68. The van der Waals surface area contributed by atoms with Gasteiger partial charge >= 0.3 is 0 Å². The van der Waals surface area contributed by atoms with Gasteiger partial charge < -0.3 is 19.5 Å². The number of carbonyl (C=O) groups excluding carboxylic acids is 1. The van der Waals surface area contributed by atoms with Gasteiger partial charge in [0.1, 0.15) is 22.9 Å². The topological polar surface area (TPSA) is 85.5 Å². The van der Waals surface area contributed by atoms with E-state index in [0.29, 0.717) is 22.9 Å². The van der Waals surface area contributed by atoms with Crippen molar-refractivity contribution in [2.45, 2.75) is 32.7 Å². The molecule has 0 unspecified atom stereocenters. The Morgan fingerprint density at radius 3 is 2.81 bits per heavy atom. The molecule has 7 nitrogen and oxygen atoms in total. The first-order chi connectivity index (χ1) is 15.0. The number of H-pyrrole nitrogens is 1.